The van der Waals surface area contributed by atoms with Gasteiger partial charge in [0.25, 0.3) is 0 Å². The van der Waals surface area contributed by atoms with Gasteiger partial charge in [-0.25, -0.2) is 0 Å². The Morgan fingerprint density at radius 2 is 2.00 bits per heavy atom. The molecule has 0 spiro atoms. The first-order chi connectivity index (χ1) is 8.31. The fourth-order valence-electron chi connectivity index (χ4n) is 1.51. The molecule has 17 heavy (non-hydrogen) atoms. The standard InChI is InChI=1S/C13H12N4/c14-8-11-2-1-3-12(13(11)15)17-9-10-4-6-16-7-5-10/h1-7,17H,9,15H2. The number of hydrogen-bond donors (Lipinski definition) is 2. The van der Waals surface area contributed by atoms with E-state index in [1.54, 1.807) is 18.5 Å². The number of benzene rings is 1. The quantitative estimate of drug-likeness (QED) is 0.783. The number of para-hydroxylation sites is 1. The van der Waals surface area contributed by atoms with Crippen LogP contribution in [-0.4, -0.2) is 4.98 Å². The third kappa shape index (κ3) is 2.52. The zero-order chi connectivity index (χ0) is 12.1. The highest BCUT2D eigenvalue weighted by Gasteiger charge is 2.03. The second-order valence-electron chi connectivity index (χ2n) is 3.59. The molecule has 0 saturated carbocycles. The molecule has 0 unspecified atom stereocenters. The number of nitrogens with two attached hydrogens (primary N) is 1. The summed E-state index contributed by atoms with van der Waals surface area (Å²) < 4.78 is 0. The number of pyridine rings is 1. The molecule has 0 atom stereocenters. The van der Waals surface area contributed by atoms with Crippen molar-refractivity contribution in [3.05, 3.63) is 53.9 Å². The molecular formula is C13H12N4. The third-order valence-corrected chi connectivity index (χ3v) is 2.46. The lowest BCUT2D eigenvalue weighted by atomic mass is 10.1. The summed E-state index contributed by atoms with van der Waals surface area (Å²) in [5, 5.41) is 12.1. The number of rotatable bonds is 3. The summed E-state index contributed by atoms with van der Waals surface area (Å²) >= 11 is 0. The van der Waals surface area contributed by atoms with Gasteiger partial charge in [0.15, 0.2) is 0 Å². The zero-order valence-electron chi connectivity index (χ0n) is 9.22. The Balaban J connectivity index is 2.13. The zero-order valence-corrected chi connectivity index (χ0v) is 9.22. The number of hydrogen-bond acceptors (Lipinski definition) is 4. The number of nitrogens with one attached hydrogen (secondary N) is 1. The number of nitrogen functional groups attached to an aromatic ring is 1. The average Bonchev–Trinajstić information content (AvgIpc) is 2.39. The van der Waals surface area contributed by atoms with Gasteiger partial charge in [-0.1, -0.05) is 6.07 Å². The lowest BCUT2D eigenvalue weighted by molar-refractivity contribution is 1.13. The first-order valence-electron chi connectivity index (χ1n) is 5.22. The van der Waals surface area contributed by atoms with Crippen LogP contribution in [0.3, 0.4) is 0 Å². The summed E-state index contributed by atoms with van der Waals surface area (Å²) in [7, 11) is 0. The van der Waals surface area contributed by atoms with E-state index in [1.165, 1.54) is 0 Å². The number of anilines is 2. The molecule has 0 saturated heterocycles. The summed E-state index contributed by atoms with van der Waals surface area (Å²) in [6.07, 6.45) is 3.48. The van der Waals surface area contributed by atoms with Gasteiger partial charge in [0, 0.05) is 18.9 Å². The van der Waals surface area contributed by atoms with Crippen molar-refractivity contribution in [1.29, 1.82) is 5.26 Å². The van der Waals surface area contributed by atoms with Gasteiger partial charge in [-0.05, 0) is 29.8 Å². The Hall–Kier alpha value is -2.54. The summed E-state index contributed by atoms with van der Waals surface area (Å²) in [4.78, 5) is 3.95. The van der Waals surface area contributed by atoms with Gasteiger partial charge in [-0.3, -0.25) is 4.98 Å². The van der Waals surface area contributed by atoms with Crippen LogP contribution in [0.25, 0.3) is 0 Å². The molecule has 0 amide bonds. The molecule has 4 nitrogen and oxygen atoms in total. The van der Waals surface area contributed by atoms with E-state index in [0.717, 1.165) is 11.3 Å². The monoisotopic (exact) mass is 224 g/mol. The molecular weight excluding hydrogens is 212 g/mol. The highest BCUT2D eigenvalue weighted by molar-refractivity contribution is 5.72. The average molecular weight is 224 g/mol. The topological polar surface area (TPSA) is 74.7 Å². The minimum absolute atomic E-state index is 0.490. The maximum absolute atomic E-state index is 8.86. The molecule has 0 aliphatic rings. The van der Waals surface area contributed by atoms with E-state index in [1.807, 2.05) is 24.3 Å². The SMILES string of the molecule is N#Cc1cccc(NCc2ccncc2)c1N. The number of aromatic nitrogens is 1. The molecule has 84 valence electrons. The lowest BCUT2D eigenvalue weighted by Gasteiger charge is -2.09. The molecule has 2 rings (SSSR count). The van der Waals surface area contributed by atoms with Gasteiger partial charge in [-0.2, -0.15) is 5.26 Å². The van der Waals surface area contributed by atoms with Crippen LogP contribution in [0.1, 0.15) is 11.1 Å². The fraction of sp³-hybridized carbons (Fsp3) is 0.0769. The summed E-state index contributed by atoms with van der Waals surface area (Å²) in [5.74, 6) is 0. The molecule has 1 aromatic heterocycles. The van der Waals surface area contributed by atoms with E-state index in [9.17, 15) is 0 Å². The van der Waals surface area contributed by atoms with Crippen molar-refractivity contribution in [2.24, 2.45) is 0 Å². The Labute approximate surface area is 99.7 Å². The van der Waals surface area contributed by atoms with Crippen LogP contribution in [0, 0.1) is 11.3 Å². The van der Waals surface area contributed by atoms with Crippen LogP contribution >= 0.6 is 0 Å². The maximum Gasteiger partial charge on any atom is 0.101 e. The molecule has 4 heteroatoms. The summed E-state index contributed by atoms with van der Waals surface area (Å²) in [5.41, 5.74) is 8.73. The van der Waals surface area contributed by atoms with Crippen LogP contribution in [0.5, 0.6) is 0 Å². The maximum atomic E-state index is 8.86. The van der Waals surface area contributed by atoms with Gasteiger partial charge >= 0.3 is 0 Å². The predicted molar refractivity (Wildman–Crippen MR) is 67.1 cm³/mol. The van der Waals surface area contributed by atoms with Crippen LogP contribution in [0.15, 0.2) is 42.7 Å². The van der Waals surface area contributed by atoms with Gasteiger partial charge < -0.3 is 11.1 Å². The third-order valence-electron chi connectivity index (χ3n) is 2.46. The molecule has 0 radical (unpaired) electrons. The minimum Gasteiger partial charge on any atom is -0.396 e. The molecule has 0 aliphatic carbocycles. The second-order valence-corrected chi connectivity index (χ2v) is 3.59. The van der Waals surface area contributed by atoms with Gasteiger partial charge in [-0.15, -0.1) is 0 Å². The van der Waals surface area contributed by atoms with Crippen molar-refractivity contribution in [3.8, 4) is 6.07 Å². The van der Waals surface area contributed by atoms with Crippen molar-refractivity contribution in [1.82, 2.24) is 4.98 Å². The Morgan fingerprint density at radius 3 is 2.71 bits per heavy atom. The summed E-state index contributed by atoms with van der Waals surface area (Å²) in [6, 6.07) is 11.3. The largest absolute Gasteiger partial charge is 0.396 e. The van der Waals surface area contributed by atoms with E-state index in [2.05, 4.69) is 16.4 Å². The molecule has 0 bridgehead atoms. The normalized spacial score (nSPS) is 9.59. The summed E-state index contributed by atoms with van der Waals surface area (Å²) in [6.45, 7) is 0.654. The first kappa shape index (κ1) is 11.0. The van der Waals surface area contributed by atoms with Gasteiger partial charge in [0.2, 0.25) is 0 Å². The van der Waals surface area contributed by atoms with Crippen molar-refractivity contribution in [3.63, 3.8) is 0 Å². The van der Waals surface area contributed by atoms with Crippen LogP contribution in [0.4, 0.5) is 11.4 Å². The highest BCUT2D eigenvalue weighted by Crippen LogP contribution is 2.22. The van der Waals surface area contributed by atoms with Crippen molar-refractivity contribution in [2.45, 2.75) is 6.54 Å². The van der Waals surface area contributed by atoms with E-state index in [0.29, 0.717) is 17.8 Å². The van der Waals surface area contributed by atoms with Gasteiger partial charge in [0.1, 0.15) is 6.07 Å². The van der Waals surface area contributed by atoms with Crippen LogP contribution in [0.2, 0.25) is 0 Å². The highest BCUT2D eigenvalue weighted by atomic mass is 14.9. The molecule has 3 N–H and O–H groups in total. The van der Waals surface area contributed by atoms with E-state index >= 15 is 0 Å². The predicted octanol–water partition coefficient (Wildman–Crippen LogP) is 2.15. The van der Waals surface area contributed by atoms with Crippen molar-refractivity contribution < 1.29 is 0 Å². The van der Waals surface area contributed by atoms with E-state index in [-0.39, 0.29) is 0 Å². The van der Waals surface area contributed by atoms with Crippen LogP contribution < -0.4 is 11.1 Å². The molecule has 0 aliphatic heterocycles. The fourth-order valence-corrected chi connectivity index (χ4v) is 1.51. The second kappa shape index (κ2) is 4.99. The first-order valence-corrected chi connectivity index (χ1v) is 5.22. The Morgan fingerprint density at radius 1 is 1.24 bits per heavy atom. The molecule has 2 aromatic rings. The number of nitrogens with zero attached hydrogens (tertiary/aromatic N) is 2. The molecule has 0 fully saturated rings. The number of nitriles is 1. The molecule has 1 heterocycles. The Bertz CT molecular complexity index is 543. The van der Waals surface area contributed by atoms with E-state index in [4.69, 9.17) is 11.0 Å². The molecule has 1 aromatic carbocycles. The van der Waals surface area contributed by atoms with E-state index < -0.39 is 0 Å². The van der Waals surface area contributed by atoms with Crippen LogP contribution in [-0.2, 0) is 6.54 Å². The smallest absolute Gasteiger partial charge is 0.101 e. The van der Waals surface area contributed by atoms with Crippen molar-refractivity contribution >= 4 is 11.4 Å². The van der Waals surface area contributed by atoms with Crippen molar-refractivity contribution in [2.75, 3.05) is 11.1 Å². The van der Waals surface area contributed by atoms with Gasteiger partial charge in [0.05, 0.1) is 16.9 Å². The lowest BCUT2D eigenvalue weighted by Crippen LogP contribution is -2.03. The Kier molecular flexibility index (Phi) is 3.22. The minimum atomic E-state index is 0.490.